The zero-order chi connectivity index (χ0) is 11.6. The maximum absolute atomic E-state index is 10.8. The number of carboxylic acid groups (broad SMARTS) is 1. The lowest BCUT2D eigenvalue weighted by molar-refractivity contribution is -0.141. The molecule has 1 aromatic rings. The maximum Gasteiger partial charge on any atom is 0.324 e. The van der Waals surface area contributed by atoms with Crippen LogP contribution in [0.3, 0.4) is 0 Å². The Kier molecular flexibility index (Phi) is 3.35. The van der Waals surface area contributed by atoms with Crippen molar-refractivity contribution in [3.05, 3.63) is 5.82 Å². The van der Waals surface area contributed by atoms with Gasteiger partial charge in [0.2, 0.25) is 0 Å². The van der Waals surface area contributed by atoms with Crippen molar-refractivity contribution in [1.82, 2.24) is 14.8 Å². The van der Waals surface area contributed by atoms with E-state index in [1.807, 2.05) is 14.0 Å². The summed E-state index contributed by atoms with van der Waals surface area (Å²) in [6, 6.07) is 0. The molecule has 1 unspecified atom stereocenters. The number of hydrogen-bond donors (Lipinski definition) is 2. The lowest BCUT2D eigenvalue weighted by atomic mass is 10.1. The van der Waals surface area contributed by atoms with Crippen molar-refractivity contribution < 1.29 is 9.90 Å². The standard InChI is InChI=1S/C8H14N4O2S/c1-5-10-11-7(12(5)3)15-4-8(2,9)6(13)14/h4,9H2,1-3H3,(H,13,14). The van der Waals surface area contributed by atoms with E-state index in [0.717, 1.165) is 5.82 Å². The van der Waals surface area contributed by atoms with Gasteiger partial charge in [0.05, 0.1) is 0 Å². The summed E-state index contributed by atoms with van der Waals surface area (Å²) in [5, 5.41) is 17.3. The molecule has 0 aliphatic heterocycles. The number of aromatic nitrogens is 3. The van der Waals surface area contributed by atoms with Crippen molar-refractivity contribution >= 4 is 17.7 Å². The maximum atomic E-state index is 10.8. The summed E-state index contributed by atoms with van der Waals surface area (Å²) >= 11 is 1.29. The highest BCUT2D eigenvalue weighted by Crippen LogP contribution is 2.19. The first kappa shape index (κ1) is 12.0. The molecule has 0 fully saturated rings. The molecule has 0 bridgehead atoms. The Morgan fingerprint density at radius 3 is 2.67 bits per heavy atom. The van der Waals surface area contributed by atoms with Crippen LogP contribution in [0.5, 0.6) is 0 Å². The molecule has 1 aromatic heterocycles. The normalized spacial score (nSPS) is 14.9. The minimum Gasteiger partial charge on any atom is -0.480 e. The molecule has 0 aliphatic carbocycles. The van der Waals surface area contributed by atoms with Crippen LogP contribution in [0.4, 0.5) is 0 Å². The van der Waals surface area contributed by atoms with Gasteiger partial charge in [0, 0.05) is 12.8 Å². The molecule has 15 heavy (non-hydrogen) atoms. The molecule has 0 saturated carbocycles. The van der Waals surface area contributed by atoms with E-state index in [1.165, 1.54) is 18.7 Å². The molecule has 0 saturated heterocycles. The number of carbonyl (C=O) groups is 1. The molecule has 0 aromatic carbocycles. The second-order valence-electron chi connectivity index (χ2n) is 3.60. The molecule has 0 spiro atoms. The van der Waals surface area contributed by atoms with Crippen molar-refractivity contribution in [3.63, 3.8) is 0 Å². The van der Waals surface area contributed by atoms with E-state index in [1.54, 1.807) is 4.57 Å². The van der Waals surface area contributed by atoms with E-state index in [4.69, 9.17) is 10.8 Å². The summed E-state index contributed by atoms with van der Waals surface area (Å²) in [7, 11) is 1.83. The molecule has 1 rings (SSSR count). The zero-order valence-electron chi connectivity index (χ0n) is 8.89. The third-order valence-electron chi connectivity index (χ3n) is 2.04. The lowest BCUT2D eigenvalue weighted by Crippen LogP contribution is -2.47. The number of thioether (sulfide) groups is 1. The SMILES string of the molecule is Cc1nnc(SCC(C)(N)C(=O)O)n1C. The fraction of sp³-hybridized carbons (Fsp3) is 0.625. The van der Waals surface area contributed by atoms with E-state index in [2.05, 4.69) is 10.2 Å². The molecule has 0 amide bonds. The summed E-state index contributed by atoms with van der Waals surface area (Å²) in [5.74, 6) is 0.0225. The summed E-state index contributed by atoms with van der Waals surface area (Å²) in [6.07, 6.45) is 0. The Labute approximate surface area is 91.9 Å². The minimum atomic E-state index is -1.25. The molecule has 1 atom stereocenters. The number of aryl methyl sites for hydroxylation is 1. The van der Waals surface area contributed by atoms with Gasteiger partial charge in [-0.05, 0) is 13.8 Å². The molecular formula is C8H14N4O2S. The summed E-state index contributed by atoms with van der Waals surface area (Å²) in [4.78, 5) is 10.8. The molecule has 7 heteroatoms. The lowest BCUT2D eigenvalue weighted by Gasteiger charge is -2.17. The van der Waals surface area contributed by atoms with Crippen LogP contribution >= 0.6 is 11.8 Å². The average Bonchev–Trinajstić information content (AvgIpc) is 2.45. The minimum absolute atomic E-state index is 0.258. The Bertz CT molecular complexity index is 375. The number of hydrogen-bond acceptors (Lipinski definition) is 5. The van der Waals surface area contributed by atoms with Crippen LogP contribution in [0.2, 0.25) is 0 Å². The van der Waals surface area contributed by atoms with Gasteiger partial charge in [-0.1, -0.05) is 11.8 Å². The summed E-state index contributed by atoms with van der Waals surface area (Å²) < 4.78 is 1.79. The molecule has 0 aliphatic rings. The van der Waals surface area contributed by atoms with Gasteiger partial charge in [-0.2, -0.15) is 0 Å². The third kappa shape index (κ3) is 2.69. The van der Waals surface area contributed by atoms with Crippen LogP contribution in [0.1, 0.15) is 12.7 Å². The quantitative estimate of drug-likeness (QED) is 0.708. The van der Waals surface area contributed by atoms with Crippen molar-refractivity contribution in [1.29, 1.82) is 0 Å². The van der Waals surface area contributed by atoms with Crippen LogP contribution in [-0.4, -0.2) is 37.1 Å². The van der Waals surface area contributed by atoms with Crippen LogP contribution < -0.4 is 5.73 Å². The zero-order valence-corrected chi connectivity index (χ0v) is 9.71. The predicted molar refractivity (Wildman–Crippen MR) is 56.7 cm³/mol. The van der Waals surface area contributed by atoms with Gasteiger partial charge in [-0.15, -0.1) is 10.2 Å². The topological polar surface area (TPSA) is 94.0 Å². The number of rotatable bonds is 4. The van der Waals surface area contributed by atoms with E-state index >= 15 is 0 Å². The van der Waals surface area contributed by atoms with Crippen LogP contribution in [-0.2, 0) is 11.8 Å². The van der Waals surface area contributed by atoms with Gasteiger partial charge in [0.15, 0.2) is 5.16 Å². The van der Waals surface area contributed by atoms with Crippen molar-refractivity contribution in [2.24, 2.45) is 12.8 Å². The first-order chi connectivity index (χ1) is 6.84. The van der Waals surface area contributed by atoms with Crippen LogP contribution in [0.15, 0.2) is 5.16 Å². The van der Waals surface area contributed by atoms with Gasteiger partial charge >= 0.3 is 5.97 Å². The number of carboxylic acids is 1. The van der Waals surface area contributed by atoms with Gasteiger partial charge in [0.25, 0.3) is 0 Å². The molecule has 3 N–H and O–H groups in total. The third-order valence-corrected chi connectivity index (χ3v) is 3.40. The molecular weight excluding hydrogens is 216 g/mol. The van der Waals surface area contributed by atoms with Gasteiger partial charge < -0.3 is 15.4 Å². The molecule has 6 nitrogen and oxygen atoms in total. The fourth-order valence-corrected chi connectivity index (χ4v) is 1.77. The Balaban J connectivity index is 2.65. The molecule has 84 valence electrons. The van der Waals surface area contributed by atoms with Crippen molar-refractivity contribution in [2.45, 2.75) is 24.5 Å². The van der Waals surface area contributed by atoms with Crippen LogP contribution in [0.25, 0.3) is 0 Å². The largest absolute Gasteiger partial charge is 0.480 e. The second-order valence-corrected chi connectivity index (χ2v) is 4.54. The molecule has 1 heterocycles. The van der Waals surface area contributed by atoms with Gasteiger partial charge in [-0.3, -0.25) is 4.79 Å². The van der Waals surface area contributed by atoms with E-state index < -0.39 is 11.5 Å². The highest BCUT2D eigenvalue weighted by Gasteiger charge is 2.28. The summed E-state index contributed by atoms with van der Waals surface area (Å²) in [5.41, 5.74) is 4.34. The van der Waals surface area contributed by atoms with E-state index in [0.29, 0.717) is 5.16 Å². The molecule has 0 radical (unpaired) electrons. The predicted octanol–water partition coefficient (Wildman–Crippen LogP) is 0.0176. The smallest absolute Gasteiger partial charge is 0.324 e. The number of nitrogens with zero attached hydrogens (tertiary/aromatic N) is 3. The Morgan fingerprint density at radius 2 is 2.27 bits per heavy atom. The van der Waals surface area contributed by atoms with Crippen molar-refractivity contribution in [3.8, 4) is 0 Å². The van der Waals surface area contributed by atoms with E-state index in [9.17, 15) is 4.79 Å². The first-order valence-corrected chi connectivity index (χ1v) is 5.34. The highest BCUT2D eigenvalue weighted by atomic mass is 32.2. The average molecular weight is 230 g/mol. The fourth-order valence-electron chi connectivity index (χ4n) is 0.790. The second kappa shape index (κ2) is 4.19. The highest BCUT2D eigenvalue weighted by molar-refractivity contribution is 7.99. The van der Waals surface area contributed by atoms with Crippen molar-refractivity contribution in [2.75, 3.05) is 5.75 Å². The Morgan fingerprint density at radius 1 is 1.67 bits per heavy atom. The van der Waals surface area contributed by atoms with Gasteiger partial charge in [0.1, 0.15) is 11.4 Å². The van der Waals surface area contributed by atoms with E-state index in [-0.39, 0.29) is 5.75 Å². The van der Waals surface area contributed by atoms with Gasteiger partial charge in [-0.25, -0.2) is 0 Å². The Hall–Kier alpha value is -1.08. The monoisotopic (exact) mass is 230 g/mol. The van der Waals surface area contributed by atoms with Crippen LogP contribution in [0, 0.1) is 6.92 Å². The summed E-state index contributed by atoms with van der Waals surface area (Å²) in [6.45, 7) is 3.31. The number of aliphatic carboxylic acids is 1. The number of nitrogens with two attached hydrogens (primary N) is 1. The first-order valence-electron chi connectivity index (χ1n) is 4.35.